The summed E-state index contributed by atoms with van der Waals surface area (Å²) in [5.41, 5.74) is 17.2. The van der Waals surface area contributed by atoms with Gasteiger partial charge in [-0.3, -0.25) is 0 Å². The number of nitrogens with one attached hydrogen (secondary N) is 2. The minimum absolute atomic E-state index is 0.194. The van der Waals surface area contributed by atoms with Crippen molar-refractivity contribution in [2.75, 3.05) is 18.2 Å². The maximum Gasteiger partial charge on any atom is 0.221 e. The molecule has 10 heteroatoms. The van der Waals surface area contributed by atoms with Crippen molar-refractivity contribution >= 4 is 22.5 Å². The number of nitrogen functional groups attached to an aromatic ring is 1. The molecular formula is C22H21FN8O. The smallest absolute Gasteiger partial charge is 0.221 e. The average molecular weight is 432 g/mol. The number of benzene rings is 1. The van der Waals surface area contributed by atoms with Crippen LogP contribution in [0.1, 0.15) is 5.69 Å². The van der Waals surface area contributed by atoms with Gasteiger partial charge in [-0.05, 0) is 31.2 Å². The molecule has 4 N–H and O–H groups in total. The second kappa shape index (κ2) is 8.80. The van der Waals surface area contributed by atoms with Crippen molar-refractivity contribution < 1.29 is 9.13 Å². The van der Waals surface area contributed by atoms with E-state index in [2.05, 4.69) is 25.4 Å². The summed E-state index contributed by atoms with van der Waals surface area (Å²) in [6.07, 6.45) is 4.70. The Labute approximate surface area is 183 Å². The Hall–Kier alpha value is -4.34. The van der Waals surface area contributed by atoms with Gasteiger partial charge in [-0.2, -0.15) is 5.11 Å². The van der Waals surface area contributed by atoms with E-state index in [1.807, 2.05) is 25.3 Å². The van der Waals surface area contributed by atoms with Crippen molar-refractivity contribution in [3.05, 3.63) is 72.3 Å². The highest BCUT2D eigenvalue weighted by atomic mass is 19.1. The maximum absolute atomic E-state index is 13.9. The fourth-order valence-electron chi connectivity index (χ4n) is 3.39. The Kier molecular flexibility index (Phi) is 5.75. The number of aryl methyl sites for hydroxylation is 1. The monoisotopic (exact) mass is 432 g/mol. The van der Waals surface area contributed by atoms with Crippen molar-refractivity contribution in [1.29, 1.82) is 5.53 Å². The number of nitrogens with two attached hydrogens (primary N) is 1. The molecule has 0 saturated heterocycles. The van der Waals surface area contributed by atoms with Crippen LogP contribution in [0.3, 0.4) is 0 Å². The molecule has 0 saturated carbocycles. The van der Waals surface area contributed by atoms with E-state index in [-0.39, 0.29) is 12.2 Å². The van der Waals surface area contributed by atoms with Crippen LogP contribution in [-0.4, -0.2) is 26.6 Å². The molecule has 32 heavy (non-hydrogen) atoms. The van der Waals surface area contributed by atoms with Gasteiger partial charge in [0.2, 0.25) is 5.88 Å². The summed E-state index contributed by atoms with van der Waals surface area (Å²) in [7, 11) is 1.55. The van der Waals surface area contributed by atoms with Crippen LogP contribution in [0.25, 0.3) is 22.2 Å². The summed E-state index contributed by atoms with van der Waals surface area (Å²) in [6.45, 7) is 2.07. The Morgan fingerprint density at radius 3 is 2.81 bits per heavy atom. The molecule has 162 valence electrons. The SMILES string of the molecule is COc1nc(C)ccc1-c1cn(C/C(=C/Nc2ccccc2F)N=N)c2ncnc(N)c12. The molecule has 3 heterocycles. The van der Waals surface area contributed by atoms with Gasteiger partial charge < -0.3 is 20.4 Å². The zero-order chi connectivity index (χ0) is 22.7. The summed E-state index contributed by atoms with van der Waals surface area (Å²) in [5, 5.41) is 7.07. The van der Waals surface area contributed by atoms with E-state index in [1.54, 1.807) is 29.9 Å². The molecule has 1 aromatic carbocycles. The first-order chi connectivity index (χ1) is 15.5. The molecule has 0 spiro atoms. The topological polar surface area (TPSA) is 127 Å². The molecule has 4 rings (SSSR count). The van der Waals surface area contributed by atoms with Gasteiger partial charge in [0, 0.05) is 29.2 Å². The van der Waals surface area contributed by atoms with E-state index in [4.69, 9.17) is 16.0 Å². The number of hydrogen-bond acceptors (Lipinski definition) is 8. The van der Waals surface area contributed by atoms with Gasteiger partial charge in [0.15, 0.2) is 0 Å². The van der Waals surface area contributed by atoms with Crippen molar-refractivity contribution in [3.8, 4) is 17.0 Å². The summed E-state index contributed by atoms with van der Waals surface area (Å²) in [6, 6.07) is 10.0. The summed E-state index contributed by atoms with van der Waals surface area (Å²) in [5.74, 6) is 0.361. The average Bonchev–Trinajstić information content (AvgIpc) is 3.16. The third-order valence-corrected chi connectivity index (χ3v) is 4.91. The van der Waals surface area contributed by atoms with Gasteiger partial charge in [-0.25, -0.2) is 24.9 Å². The van der Waals surface area contributed by atoms with Crippen LogP contribution in [-0.2, 0) is 6.54 Å². The van der Waals surface area contributed by atoms with E-state index in [1.165, 1.54) is 18.6 Å². The van der Waals surface area contributed by atoms with Gasteiger partial charge >= 0.3 is 0 Å². The third kappa shape index (κ3) is 3.97. The fraction of sp³-hybridized carbons (Fsp3) is 0.136. The lowest BCUT2D eigenvalue weighted by atomic mass is 10.1. The zero-order valence-electron chi connectivity index (χ0n) is 17.5. The largest absolute Gasteiger partial charge is 0.481 e. The molecule has 0 fully saturated rings. The molecule has 0 radical (unpaired) electrons. The highest BCUT2D eigenvalue weighted by molar-refractivity contribution is 6.01. The zero-order valence-corrected chi connectivity index (χ0v) is 17.5. The first kappa shape index (κ1) is 20.9. The molecule has 0 aliphatic carbocycles. The molecule has 4 aromatic rings. The van der Waals surface area contributed by atoms with Gasteiger partial charge in [0.25, 0.3) is 0 Å². The predicted molar refractivity (Wildman–Crippen MR) is 120 cm³/mol. The Bertz CT molecular complexity index is 1330. The number of hydrogen-bond donors (Lipinski definition) is 3. The molecule has 0 aliphatic rings. The number of aromatic nitrogens is 4. The molecule has 0 amide bonds. The maximum atomic E-state index is 13.9. The number of nitrogens with zero attached hydrogens (tertiary/aromatic N) is 5. The molecule has 0 atom stereocenters. The molecule has 0 bridgehead atoms. The van der Waals surface area contributed by atoms with Crippen molar-refractivity contribution in [2.45, 2.75) is 13.5 Å². The van der Waals surface area contributed by atoms with E-state index in [0.29, 0.717) is 28.4 Å². The highest BCUT2D eigenvalue weighted by Gasteiger charge is 2.19. The van der Waals surface area contributed by atoms with Crippen LogP contribution >= 0.6 is 0 Å². The number of pyridine rings is 1. The normalized spacial score (nSPS) is 11.5. The minimum atomic E-state index is -0.402. The molecule has 0 aliphatic heterocycles. The number of para-hydroxylation sites is 1. The van der Waals surface area contributed by atoms with Crippen molar-refractivity contribution in [2.24, 2.45) is 5.11 Å². The lowest BCUT2D eigenvalue weighted by Crippen LogP contribution is -2.02. The van der Waals surface area contributed by atoms with Gasteiger partial charge in [-0.1, -0.05) is 12.1 Å². The third-order valence-electron chi connectivity index (χ3n) is 4.91. The van der Waals surface area contributed by atoms with Crippen LogP contribution in [0.5, 0.6) is 5.88 Å². The van der Waals surface area contributed by atoms with Crippen molar-refractivity contribution in [3.63, 3.8) is 0 Å². The quantitative estimate of drug-likeness (QED) is 0.369. The summed E-state index contributed by atoms with van der Waals surface area (Å²) < 4.78 is 21.2. The van der Waals surface area contributed by atoms with Gasteiger partial charge in [-0.15, -0.1) is 0 Å². The Balaban J connectivity index is 1.77. The van der Waals surface area contributed by atoms with E-state index < -0.39 is 5.82 Å². The number of ether oxygens (including phenoxy) is 1. The van der Waals surface area contributed by atoms with Crippen LogP contribution in [0.4, 0.5) is 15.9 Å². The molecule has 3 aromatic heterocycles. The standard InChI is InChI=1S/C22H21FN8O/c1-13-7-8-15(22(29-13)32-2)16-11-31(21-19(16)20(24)27-12-28-21)10-14(30-25)9-26-18-6-4-3-5-17(18)23/h3-9,11-12,25-26H,10H2,1-2H3,(H2,24,27,28)/b14-9-,30-25?. The van der Waals surface area contributed by atoms with E-state index in [0.717, 1.165) is 16.8 Å². The highest BCUT2D eigenvalue weighted by Crippen LogP contribution is 2.37. The summed E-state index contributed by atoms with van der Waals surface area (Å²) in [4.78, 5) is 13.0. The first-order valence-corrected chi connectivity index (χ1v) is 9.70. The van der Waals surface area contributed by atoms with Crippen LogP contribution in [0, 0.1) is 18.3 Å². The molecule has 9 nitrogen and oxygen atoms in total. The minimum Gasteiger partial charge on any atom is -0.481 e. The Morgan fingerprint density at radius 2 is 2.06 bits per heavy atom. The fourth-order valence-corrected chi connectivity index (χ4v) is 3.39. The lowest BCUT2D eigenvalue weighted by molar-refractivity contribution is 0.399. The number of anilines is 2. The number of fused-ring (bicyclic) bond motifs is 1. The first-order valence-electron chi connectivity index (χ1n) is 9.70. The predicted octanol–water partition coefficient (Wildman–Crippen LogP) is 4.52. The van der Waals surface area contributed by atoms with Gasteiger partial charge in [0.1, 0.15) is 23.6 Å². The van der Waals surface area contributed by atoms with E-state index in [9.17, 15) is 4.39 Å². The number of allylic oxidation sites excluding steroid dienone is 1. The summed E-state index contributed by atoms with van der Waals surface area (Å²) >= 11 is 0. The van der Waals surface area contributed by atoms with Crippen molar-refractivity contribution in [1.82, 2.24) is 19.5 Å². The van der Waals surface area contributed by atoms with Gasteiger partial charge in [0.05, 0.1) is 30.4 Å². The number of methoxy groups -OCH3 is 1. The molecular weight excluding hydrogens is 411 g/mol. The second-order valence-electron chi connectivity index (χ2n) is 7.01. The number of rotatable bonds is 7. The van der Waals surface area contributed by atoms with E-state index >= 15 is 0 Å². The Morgan fingerprint density at radius 1 is 1.25 bits per heavy atom. The van der Waals surface area contributed by atoms with Crippen LogP contribution in [0.2, 0.25) is 0 Å². The molecule has 0 unspecified atom stereocenters. The number of halogens is 1. The van der Waals surface area contributed by atoms with Crippen LogP contribution in [0.15, 0.2) is 65.9 Å². The second-order valence-corrected chi connectivity index (χ2v) is 7.01. The lowest BCUT2D eigenvalue weighted by Gasteiger charge is -2.07. The van der Waals surface area contributed by atoms with Crippen LogP contribution < -0.4 is 15.8 Å².